The molecule has 9 aliphatic carbocycles. The Hall–Kier alpha value is -6.51. The summed E-state index contributed by atoms with van der Waals surface area (Å²) in [7, 11) is 0. The predicted octanol–water partition coefficient (Wildman–Crippen LogP) is 16.2. The zero-order valence-corrected chi connectivity index (χ0v) is 50.6. The monoisotopic (exact) mass is 1130 g/mol. The Labute approximate surface area is 492 Å². The van der Waals surface area contributed by atoms with Crippen LogP contribution in [0.15, 0.2) is 107 Å². The fourth-order valence-electron chi connectivity index (χ4n) is 18.4. The molecule has 2 spiro atoms. The van der Waals surface area contributed by atoms with Crippen LogP contribution in [0.25, 0.3) is 0 Å². The van der Waals surface area contributed by atoms with E-state index in [1.54, 1.807) is 42.5 Å². The van der Waals surface area contributed by atoms with E-state index in [0.717, 1.165) is 108 Å². The lowest BCUT2D eigenvalue weighted by atomic mass is 9.61. The van der Waals surface area contributed by atoms with Gasteiger partial charge >= 0.3 is 0 Å². The number of amidine groups is 3. The Bertz CT molecular complexity index is 3200. The number of rotatable bonds is 12. The normalized spacial score (nSPS) is 34.2. The van der Waals surface area contributed by atoms with E-state index in [2.05, 4.69) is 74.6 Å². The second-order valence-corrected chi connectivity index (χ2v) is 28.1. The van der Waals surface area contributed by atoms with Crippen LogP contribution in [0, 0.1) is 126 Å². The fourth-order valence-corrected chi connectivity index (χ4v) is 18.4. The highest BCUT2D eigenvalue weighted by Gasteiger charge is 2.68. The number of non-ortho nitro benzene ring substituents is 3. The molecule has 15 heteroatoms. The van der Waals surface area contributed by atoms with Crippen molar-refractivity contribution in [1.29, 1.82) is 0 Å². The first-order valence-corrected chi connectivity index (χ1v) is 31.3. The minimum atomic E-state index is -0.354. The number of fused-ring (bicyclic) bond motifs is 4. The van der Waals surface area contributed by atoms with Gasteiger partial charge in [-0.25, -0.2) is 15.0 Å². The minimum absolute atomic E-state index is 0.0181. The second kappa shape index (κ2) is 22.5. The highest BCUT2D eigenvalue weighted by atomic mass is 16.6. The fraction of sp³-hybridized carbons (Fsp3) is 0.603. The molecule has 12 aliphatic rings. The number of hydrogen-bond donors (Lipinski definition) is 0. The van der Waals surface area contributed by atoms with E-state index in [9.17, 15) is 30.3 Å². The number of benzene rings is 3. The minimum Gasteiger partial charge on any atom is -0.356 e. The van der Waals surface area contributed by atoms with Gasteiger partial charge in [0, 0.05) is 86.0 Å². The highest BCUT2D eigenvalue weighted by molar-refractivity contribution is 5.96. The first-order chi connectivity index (χ1) is 39.6. The summed E-state index contributed by atoms with van der Waals surface area (Å²) >= 11 is 0. The summed E-state index contributed by atoms with van der Waals surface area (Å²) in [6, 6.07) is 15.6. The van der Waals surface area contributed by atoms with Gasteiger partial charge in [0.15, 0.2) is 0 Å². The summed E-state index contributed by atoms with van der Waals surface area (Å²) in [5, 5.41) is 33.3. The van der Waals surface area contributed by atoms with Gasteiger partial charge in [0.05, 0.1) is 37.2 Å². The van der Waals surface area contributed by atoms with Crippen molar-refractivity contribution in [2.24, 2.45) is 89.9 Å². The summed E-state index contributed by atoms with van der Waals surface area (Å²) in [5.41, 5.74) is 6.29. The standard InChI is InChI=1S/C25H37N3O2.C22H27N3O2.C21H25N3O2/c1-16(2)15-27-21-11-9-19-22(21)24(4,5)12-7-13-25(19,6)23(27)26-20-10-8-18(28(29)30)14-17(20)3;1-3-10-24-13-16-5-4-15-8-9-22(16,19-12-18(15)19)21(24)23-20-7-6-17(25(26)27)11-14(20)2;1-3-12-23-14-17-5-4-16-8-10-21(17,11-9-16)20(23)22-19-7-6-18(24(25)26)13-15(19)2/h8,10,14,16,19,21-22H,7,9,11-13,15H2,1-6H3;3,6-7,11,15-16,18-19H,1,4-5,8-10,12-13H2,2H3;3,6-8,10,13,16-17H,1,4-5,9,11-12,14H2,2H3. The van der Waals surface area contributed by atoms with Gasteiger partial charge in [0.1, 0.15) is 17.5 Å². The molecule has 3 saturated heterocycles. The van der Waals surface area contributed by atoms with E-state index < -0.39 is 0 Å². The number of aryl methyl sites for hydroxylation is 3. The largest absolute Gasteiger partial charge is 0.356 e. The molecular formula is C68H89N9O6. The molecule has 10 fully saturated rings. The van der Waals surface area contributed by atoms with Gasteiger partial charge in [0.25, 0.3) is 17.1 Å². The SMILES string of the molecule is C=CCN1CC2CCC3C=CC2(CC3)C1=Nc1ccc([N+](=O)[O-])cc1C.C=CCN1CC2CCC3CCC2(C1=Nc1ccc([N+](=O)[O-])cc1C)C1CC31.Cc1cc([N+](=O)[O-])ccc1N=C1N(CC(C)C)C2CCC3C2C(C)(C)CCCC13C. The number of nitro benzene ring substituents is 3. The Balaban J connectivity index is 0.000000131. The summed E-state index contributed by atoms with van der Waals surface area (Å²) in [5.74, 6) is 10.3. The van der Waals surface area contributed by atoms with Crippen LogP contribution in [-0.2, 0) is 0 Å². The molecule has 12 unspecified atom stereocenters. The van der Waals surface area contributed by atoms with Gasteiger partial charge in [-0.15, -0.1) is 13.2 Å². The molecule has 3 heterocycles. The van der Waals surface area contributed by atoms with Gasteiger partial charge in [-0.05, 0) is 198 Å². The van der Waals surface area contributed by atoms with E-state index in [1.807, 2.05) is 45.1 Å². The molecule has 3 aliphatic heterocycles. The predicted molar refractivity (Wildman–Crippen MR) is 332 cm³/mol. The quantitative estimate of drug-likeness (QED) is 0.0970. The van der Waals surface area contributed by atoms with E-state index in [-0.39, 0.29) is 48.1 Å². The number of aliphatic imine (C=N–C) groups is 3. The molecular weight excluding hydrogens is 1040 g/mol. The van der Waals surface area contributed by atoms with E-state index in [1.165, 1.54) is 95.1 Å². The van der Waals surface area contributed by atoms with Gasteiger partial charge in [-0.3, -0.25) is 30.3 Å². The van der Waals surface area contributed by atoms with Gasteiger partial charge in [-0.1, -0.05) is 65.3 Å². The van der Waals surface area contributed by atoms with E-state index in [4.69, 9.17) is 15.0 Å². The van der Waals surface area contributed by atoms with Crippen LogP contribution < -0.4 is 0 Å². The van der Waals surface area contributed by atoms with Crippen LogP contribution in [0.5, 0.6) is 0 Å². The molecule has 15 rings (SSSR count). The number of hydrogen-bond acceptors (Lipinski definition) is 9. The molecule has 3 aromatic carbocycles. The third-order valence-electron chi connectivity index (χ3n) is 22.3. The van der Waals surface area contributed by atoms with Crippen LogP contribution >= 0.6 is 0 Å². The van der Waals surface area contributed by atoms with Crippen molar-refractivity contribution in [2.45, 2.75) is 151 Å². The Morgan fingerprint density at radius 1 is 0.639 bits per heavy atom. The lowest BCUT2D eigenvalue weighted by Crippen LogP contribution is -2.60. The number of likely N-dealkylation sites (tertiary alicyclic amines) is 3. The van der Waals surface area contributed by atoms with Gasteiger partial charge in [0.2, 0.25) is 0 Å². The van der Waals surface area contributed by atoms with Crippen molar-refractivity contribution in [3.8, 4) is 0 Å². The van der Waals surface area contributed by atoms with Crippen LogP contribution in [0.1, 0.15) is 141 Å². The molecule has 8 bridgehead atoms. The Morgan fingerprint density at radius 3 is 1.73 bits per heavy atom. The molecule has 0 radical (unpaired) electrons. The number of piperidine rings is 1. The molecule has 0 N–H and O–H groups in total. The smallest absolute Gasteiger partial charge is 0.269 e. The molecule has 0 amide bonds. The zero-order valence-electron chi connectivity index (χ0n) is 50.6. The molecule has 83 heavy (non-hydrogen) atoms. The van der Waals surface area contributed by atoms with Crippen LogP contribution in [0.2, 0.25) is 0 Å². The third-order valence-corrected chi connectivity index (χ3v) is 22.3. The lowest BCUT2D eigenvalue weighted by Gasteiger charge is -2.54. The average Bonchev–Trinajstić information content (AvgIpc) is 1.83. The number of allylic oxidation sites excluding steroid dienone is 1. The second-order valence-electron chi connectivity index (χ2n) is 28.1. The van der Waals surface area contributed by atoms with Crippen molar-refractivity contribution in [3.05, 3.63) is 139 Å². The number of nitro groups is 3. The van der Waals surface area contributed by atoms with E-state index in [0.29, 0.717) is 35.1 Å². The Kier molecular flexibility index (Phi) is 15.8. The van der Waals surface area contributed by atoms with Crippen LogP contribution in [0.4, 0.5) is 34.1 Å². The maximum atomic E-state index is 11.2. The van der Waals surface area contributed by atoms with Gasteiger partial charge in [-0.2, -0.15) is 0 Å². The lowest BCUT2D eigenvalue weighted by molar-refractivity contribution is -0.385. The number of nitrogens with zero attached hydrogens (tertiary/aromatic N) is 9. The van der Waals surface area contributed by atoms with Crippen molar-refractivity contribution in [3.63, 3.8) is 0 Å². The van der Waals surface area contributed by atoms with Crippen molar-refractivity contribution < 1.29 is 14.8 Å². The molecule has 7 saturated carbocycles. The summed E-state index contributed by atoms with van der Waals surface area (Å²) in [4.78, 5) is 55.3. The van der Waals surface area contributed by atoms with Crippen molar-refractivity contribution >= 4 is 51.6 Å². The molecule has 442 valence electrons. The first-order valence-electron chi connectivity index (χ1n) is 31.3. The maximum absolute atomic E-state index is 11.2. The Morgan fingerprint density at radius 2 is 1.19 bits per heavy atom. The van der Waals surface area contributed by atoms with Crippen molar-refractivity contribution in [1.82, 2.24) is 14.7 Å². The molecule has 12 atom stereocenters. The van der Waals surface area contributed by atoms with Gasteiger partial charge < -0.3 is 14.7 Å². The summed E-state index contributed by atoms with van der Waals surface area (Å²) in [6.07, 6.45) is 26.6. The summed E-state index contributed by atoms with van der Waals surface area (Å²) < 4.78 is 0. The third kappa shape index (κ3) is 10.5. The highest BCUT2D eigenvalue weighted by Crippen LogP contribution is 2.71. The maximum Gasteiger partial charge on any atom is 0.269 e. The van der Waals surface area contributed by atoms with Crippen LogP contribution in [0.3, 0.4) is 0 Å². The average molecular weight is 1130 g/mol. The zero-order chi connectivity index (χ0) is 58.9. The summed E-state index contributed by atoms with van der Waals surface area (Å²) in [6.45, 7) is 30.5. The topological polar surface area (TPSA) is 176 Å². The molecule has 15 nitrogen and oxygen atoms in total. The van der Waals surface area contributed by atoms with Crippen molar-refractivity contribution in [2.75, 3.05) is 32.7 Å². The molecule has 3 aromatic rings. The van der Waals surface area contributed by atoms with Crippen LogP contribution in [-0.4, -0.2) is 85.7 Å². The van der Waals surface area contributed by atoms with E-state index >= 15 is 0 Å². The first kappa shape index (κ1) is 58.3. The molecule has 0 aromatic heterocycles.